The number of carbonyl (C=O) groups is 2. The maximum Gasteiger partial charge on any atom is 0.321 e. The third-order valence-electron chi connectivity index (χ3n) is 2.99. The number of ketones is 1. The monoisotopic (exact) mass is 248 g/mol. The summed E-state index contributed by atoms with van der Waals surface area (Å²) < 4.78 is 0. The van der Waals surface area contributed by atoms with Crippen molar-refractivity contribution >= 4 is 17.5 Å². The Morgan fingerprint density at radius 3 is 2.50 bits per heavy atom. The molecule has 0 bridgehead atoms. The van der Waals surface area contributed by atoms with E-state index in [2.05, 4.69) is 5.32 Å². The fourth-order valence-corrected chi connectivity index (χ4v) is 1.92. The number of amides is 2. The van der Waals surface area contributed by atoms with E-state index in [0.29, 0.717) is 30.8 Å². The van der Waals surface area contributed by atoms with Crippen molar-refractivity contribution in [3.05, 3.63) is 29.8 Å². The normalized spacial score (nSPS) is 18.8. The average Bonchev–Trinajstić information content (AvgIpc) is 2.76. The summed E-state index contributed by atoms with van der Waals surface area (Å²) in [6.07, 6.45) is 0.201. The molecule has 0 saturated carbocycles. The number of nitrogens with zero attached hydrogens (tertiary/aromatic N) is 1. The summed E-state index contributed by atoms with van der Waals surface area (Å²) in [5.74, 6) is -0.00413. The topological polar surface area (TPSA) is 69.6 Å². The lowest BCUT2D eigenvalue weighted by Gasteiger charge is -2.16. The molecule has 1 aliphatic heterocycles. The maximum atomic E-state index is 11.8. The second kappa shape index (κ2) is 5.18. The van der Waals surface area contributed by atoms with Crippen molar-refractivity contribution in [1.82, 2.24) is 4.90 Å². The number of Topliss-reactive ketones (excluding diaryl/α,β-unsaturated/α-hetero) is 1. The Morgan fingerprint density at radius 2 is 2.00 bits per heavy atom. The molecule has 2 rings (SSSR count). The van der Waals surface area contributed by atoms with Crippen LogP contribution in [0.4, 0.5) is 10.5 Å². The van der Waals surface area contributed by atoms with E-state index in [9.17, 15) is 14.7 Å². The van der Waals surface area contributed by atoms with Crippen molar-refractivity contribution in [2.75, 3.05) is 18.4 Å². The zero-order valence-electron chi connectivity index (χ0n) is 10.2. The van der Waals surface area contributed by atoms with Crippen LogP contribution < -0.4 is 5.32 Å². The SMILES string of the molecule is CC(=O)c1ccc(NC(=O)N2CC[C@@H](O)C2)cc1. The quantitative estimate of drug-likeness (QED) is 0.779. The van der Waals surface area contributed by atoms with E-state index in [1.165, 1.54) is 6.92 Å². The van der Waals surface area contributed by atoms with Gasteiger partial charge in [-0.2, -0.15) is 0 Å². The highest BCUT2D eigenvalue weighted by Crippen LogP contribution is 2.14. The van der Waals surface area contributed by atoms with Gasteiger partial charge in [-0.05, 0) is 37.6 Å². The number of hydrogen-bond donors (Lipinski definition) is 2. The molecule has 1 heterocycles. The molecule has 1 fully saturated rings. The summed E-state index contributed by atoms with van der Waals surface area (Å²) in [6, 6.07) is 6.53. The zero-order valence-corrected chi connectivity index (χ0v) is 10.2. The van der Waals surface area contributed by atoms with E-state index in [4.69, 9.17) is 0 Å². The molecule has 1 saturated heterocycles. The molecule has 1 aromatic carbocycles. The van der Waals surface area contributed by atoms with Gasteiger partial charge in [0.2, 0.25) is 0 Å². The Balaban J connectivity index is 1.97. The average molecular weight is 248 g/mol. The summed E-state index contributed by atoms with van der Waals surface area (Å²) in [4.78, 5) is 24.5. The number of anilines is 1. The maximum absolute atomic E-state index is 11.8. The third kappa shape index (κ3) is 2.87. The number of rotatable bonds is 2. The van der Waals surface area contributed by atoms with Gasteiger partial charge in [-0.1, -0.05) is 0 Å². The molecule has 0 aromatic heterocycles. The Morgan fingerprint density at radius 1 is 1.33 bits per heavy atom. The van der Waals surface area contributed by atoms with Crippen molar-refractivity contribution in [1.29, 1.82) is 0 Å². The fourth-order valence-electron chi connectivity index (χ4n) is 1.92. The van der Waals surface area contributed by atoms with E-state index in [1.807, 2.05) is 0 Å². The minimum Gasteiger partial charge on any atom is -0.391 e. The highest BCUT2D eigenvalue weighted by Gasteiger charge is 2.24. The lowest BCUT2D eigenvalue weighted by atomic mass is 10.1. The highest BCUT2D eigenvalue weighted by atomic mass is 16.3. The molecule has 1 aliphatic rings. The lowest BCUT2D eigenvalue weighted by Crippen LogP contribution is -2.33. The number of likely N-dealkylation sites (tertiary alicyclic amines) is 1. The Kier molecular flexibility index (Phi) is 3.62. The van der Waals surface area contributed by atoms with Gasteiger partial charge in [0.05, 0.1) is 6.10 Å². The van der Waals surface area contributed by atoms with Gasteiger partial charge in [0.25, 0.3) is 0 Å². The van der Waals surface area contributed by atoms with Crippen molar-refractivity contribution in [3.63, 3.8) is 0 Å². The van der Waals surface area contributed by atoms with Crippen LogP contribution in [-0.2, 0) is 0 Å². The van der Waals surface area contributed by atoms with Crippen molar-refractivity contribution in [3.8, 4) is 0 Å². The molecule has 0 unspecified atom stereocenters. The van der Waals surface area contributed by atoms with E-state index >= 15 is 0 Å². The molecular formula is C13H16N2O3. The van der Waals surface area contributed by atoms with E-state index in [1.54, 1.807) is 29.2 Å². The summed E-state index contributed by atoms with van der Waals surface area (Å²) in [6.45, 7) is 2.44. The van der Waals surface area contributed by atoms with Gasteiger partial charge in [-0.3, -0.25) is 4.79 Å². The van der Waals surface area contributed by atoms with Gasteiger partial charge in [0.15, 0.2) is 5.78 Å². The molecule has 96 valence electrons. The fraction of sp³-hybridized carbons (Fsp3) is 0.385. The lowest BCUT2D eigenvalue weighted by molar-refractivity contribution is 0.101. The molecule has 18 heavy (non-hydrogen) atoms. The number of hydrogen-bond acceptors (Lipinski definition) is 3. The van der Waals surface area contributed by atoms with Crippen LogP contribution in [0.15, 0.2) is 24.3 Å². The van der Waals surface area contributed by atoms with Gasteiger partial charge < -0.3 is 15.3 Å². The van der Waals surface area contributed by atoms with E-state index in [0.717, 1.165) is 0 Å². The van der Waals surface area contributed by atoms with Gasteiger partial charge >= 0.3 is 6.03 Å². The number of benzene rings is 1. The van der Waals surface area contributed by atoms with Crippen LogP contribution >= 0.6 is 0 Å². The second-order valence-corrected chi connectivity index (χ2v) is 4.45. The van der Waals surface area contributed by atoms with Gasteiger partial charge in [-0.25, -0.2) is 4.79 Å². The predicted molar refractivity (Wildman–Crippen MR) is 67.7 cm³/mol. The molecule has 0 radical (unpaired) electrons. The summed E-state index contributed by atoms with van der Waals surface area (Å²) >= 11 is 0. The number of aliphatic hydroxyl groups is 1. The number of nitrogens with one attached hydrogen (secondary N) is 1. The van der Waals surface area contributed by atoms with Crippen LogP contribution in [0.25, 0.3) is 0 Å². The first kappa shape index (κ1) is 12.6. The Labute approximate surface area is 105 Å². The first-order valence-corrected chi connectivity index (χ1v) is 5.91. The van der Waals surface area contributed by atoms with Crippen LogP contribution in [0.3, 0.4) is 0 Å². The third-order valence-corrected chi connectivity index (χ3v) is 2.99. The smallest absolute Gasteiger partial charge is 0.321 e. The standard InChI is InChI=1S/C13H16N2O3/c1-9(16)10-2-4-11(5-3-10)14-13(18)15-7-6-12(17)8-15/h2-5,12,17H,6-8H2,1H3,(H,14,18)/t12-/m1/s1. The molecule has 5 nitrogen and oxygen atoms in total. The molecular weight excluding hydrogens is 232 g/mol. The molecule has 1 atom stereocenters. The first-order chi connectivity index (χ1) is 8.56. The van der Waals surface area contributed by atoms with Crippen molar-refractivity contribution in [2.45, 2.75) is 19.4 Å². The Bertz CT molecular complexity index is 456. The number of carbonyl (C=O) groups excluding carboxylic acids is 2. The van der Waals surface area contributed by atoms with Crippen LogP contribution in [0, 0.1) is 0 Å². The van der Waals surface area contributed by atoms with Gasteiger partial charge in [0, 0.05) is 24.3 Å². The van der Waals surface area contributed by atoms with Crippen LogP contribution in [0.1, 0.15) is 23.7 Å². The minimum absolute atomic E-state index is 0.00413. The van der Waals surface area contributed by atoms with Crippen molar-refractivity contribution < 1.29 is 14.7 Å². The van der Waals surface area contributed by atoms with Crippen LogP contribution in [0.2, 0.25) is 0 Å². The number of β-amino-alcohol motifs (C(OH)–C–C–N with tert-alkyl or cyclic N) is 1. The van der Waals surface area contributed by atoms with E-state index < -0.39 is 6.10 Å². The Hall–Kier alpha value is -1.88. The molecule has 2 amide bonds. The second-order valence-electron chi connectivity index (χ2n) is 4.45. The first-order valence-electron chi connectivity index (χ1n) is 5.91. The zero-order chi connectivity index (χ0) is 13.1. The number of aliphatic hydroxyl groups excluding tert-OH is 1. The molecule has 0 aliphatic carbocycles. The largest absolute Gasteiger partial charge is 0.391 e. The highest BCUT2D eigenvalue weighted by molar-refractivity contribution is 5.95. The minimum atomic E-state index is -0.421. The van der Waals surface area contributed by atoms with Crippen molar-refractivity contribution in [2.24, 2.45) is 0 Å². The molecule has 1 aromatic rings. The molecule has 0 spiro atoms. The van der Waals surface area contributed by atoms with Crippen LogP contribution in [0.5, 0.6) is 0 Å². The van der Waals surface area contributed by atoms with Gasteiger partial charge in [0.1, 0.15) is 0 Å². The van der Waals surface area contributed by atoms with Gasteiger partial charge in [-0.15, -0.1) is 0 Å². The molecule has 2 N–H and O–H groups in total. The summed E-state index contributed by atoms with van der Waals surface area (Å²) in [7, 11) is 0. The van der Waals surface area contributed by atoms with Crippen LogP contribution in [-0.4, -0.2) is 41.0 Å². The van der Waals surface area contributed by atoms with E-state index in [-0.39, 0.29) is 11.8 Å². The summed E-state index contributed by atoms with van der Waals surface area (Å²) in [5, 5.41) is 12.1. The number of urea groups is 1. The molecule has 5 heteroatoms. The predicted octanol–water partition coefficient (Wildman–Crippen LogP) is 1.49. The summed E-state index contributed by atoms with van der Waals surface area (Å²) in [5.41, 5.74) is 1.26.